The lowest BCUT2D eigenvalue weighted by atomic mass is 10.3. The molecule has 1 aromatic carbocycles. The molecule has 2 heteroatoms. The van der Waals surface area contributed by atoms with E-state index in [1.165, 1.54) is 6.07 Å². The molecule has 60 valence electrons. The van der Waals surface area contributed by atoms with Crippen LogP contribution >= 0.6 is 0 Å². The van der Waals surface area contributed by atoms with Crippen molar-refractivity contribution < 1.29 is 5.76 Å². The minimum atomic E-state index is -0.494. The van der Waals surface area contributed by atoms with Gasteiger partial charge in [0.05, 0.1) is 1.37 Å². The summed E-state index contributed by atoms with van der Waals surface area (Å²) in [7, 11) is 0. The van der Waals surface area contributed by atoms with Crippen molar-refractivity contribution in [2.75, 3.05) is 0 Å². The SMILES string of the molecule is [2H]c1c(F)cccc1-n1cccc1. The summed E-state index contributed by atoms with van der Waals surface area (Å²) in [5.41, 5.74) is 0.560. The number of halogens is 1. The van der Waals surface area contributed by atoms with E-state index in [0.29, 0.717) is 5.69 Å². The monoisotopic (exact) mass is 162 g/mol. The Bertz CT molecular complexity index is 409. The van der Waals surface area contributed by atoms with Crippen LogP contribution in [-0.4, -0.2) is 4.57 Å². The number of benzene rings is 1. The third-order valence-corrected chi connectivity index (χ3v) is 1.63. The largest absolute Gasteiger partial charge is 0.324 e. The average Bonchev–Trinajstić information content (AvgIpc) is 2.62. The minimum absolute atomic E-state index is 0.0706. The Balaban J connectivity index is 2.59. The van der Waals surface area contributed by atoms with Crippen LogP contribution in [0.25, 0.3) is 5.69 Å². The van der Waals surface area contributed by atoms with Gasteiger partial charge in [0.1, 0.15) is 5.82 Å². The second-order valence-corrected chi connectivity index (χ2v) is 2.47. The molecule has 0 amide bonds. The van der Waals surface area contributed by atoms with Crippen molar-refractivity contribution in [1.82, 2.24) is 4.57 Å². The minimum Gasteiger partial charge on any atom is -0.324 e. The molecule has 1 heterocycles. The Labute approximate surface area is 71.5 Å². The Morgan fingerprint density at radius 3 is 2.67 bits per heavy atom. The summed E-state index contributed by atoms with van der Waals surface area (Å²) in [6.07, 6.45) is 3.57. The van der Waals surface area contributed by atoms with E-state index in [4.69, 9.17) is 1.37 Å². The van der Waals surface area contributed by atoms with Crippen LogP contribution in [0.5, 0.6) is 0 Å². The summed E-state index contributed by atoms with van der Waals surface area (Å²) in [4.78, 5) is 0. The van der Waals surface area contributed by atoms with Gasteiger partial charge in [-0.25, -0.2) is 4.39 Å². The van der Waals surface area contributed by atoms with Crippen LogP contribution in [0.4, 0.5) is 4.39 Å². The van der Waals surface area contributed by atoms with E-state index in [2.05, 4.69) is 0 Å². The number of nitrogens with zero attached hydrogens (tertiary/aromatic N) is 1. The smallest absolute Gasteiger partial charge is 0.125 e. The molecular weight excluding hydrogens is 153 g/mol. The molecule has 0 unspecified atom stereocenters. The van der Waals surface area contributed by atoms with Crippen LogP contribution in [0.3, 0.4) is 0 Å². The van der Waals surface area contributed by atoms with Crippen LogP contribution in [0, 0.1) is 5.82 Å². The standard InChI is InChI=1S/C10H8FN/c11-9-4-3-5-10(8-9)12-6-1-2-7-12/h1-8H/i8D. The molecule has 0 atom stereocenters. The molecule has 0 bridgehead atoms. The van der Waals surface area contributed by atoms with Gasteiger partial charge in [-0.2, -0.15) is 0 Å². The molecule has 1 aromatic heterocycles. The summed E-state index contributed by atoms with van der Waals surface area (Å²) in [6.45, 7) is 0. The van der Waals surface area contributed by atoms with Crippen LogP contribution in [-0.2, 0) is 0 Å². The van der Waals surface area contributed by atoms with E-state index < -0.39 is 5.82 Å². The summed E-state index contributed by atoms with van der Waals surface area (Å²) in [5, 5.41) is 0. The van der Waals surface area contributed by atoms with Gasteiger partial charge in [0.15, 0.2) is 0 Å². The van der Waals surface area contributed by atoms with Crippen molar-refractivity contribution in [2.45, 2.75) is 0 Å². The zero-order valence-corrected chi connectivity index (χ0v) is 6.37. The predicted molar refractivity (Wildman–Crippen MR) is 45.7 cm³/mol. The average molecular weight is 162 g/mol. The fourth-order valence-corrected chi connectivity index (χ4v) is 1.08. The number of hydrogen-bond donors (Lipinski definition) is 0. The first kappa shape index (κ1) is 6.00. The molecule has 0 aliphatic carbocycles. The Morgan fingerprint density at radius 1 is 1.17 bits per heavy atom. The molecule has 0 aliphatic rings. The van der Waals surface area contributed by atoms with Crippen LogP contribution in [0.15, 0.2) is 48.8 Å². The van der Waals surface area contributed by atoms with Gasteiger partial charge in [-0.3, -0.25) is 0 Å². The molecule has 2 rings (SSSR count). The van der Waals surface area contributed by atoms with Gasteiger partial charge in [-0.05, 0) is 30.3 Å². The van der Waals surface area contributed by atoms with Gasteiger partial charge in [0.2, 0.25) is 0 Å². The third-order valence-electron chi connectivity index (χ3n) is 1.63. The predicted octanol–water partition coefficient (Wildman–Crippen LogP) is 2.62. The Morgan fingerprint density at radius 2 is 1.92 bits per heavy atom. The van der Waals surface area contributed by atoms with Gasteiger partial charge in [-0.1, -0.05) is 6.07 Å². The first-order chi connectivity index (χ1) is 6.29. The molecule has 0 aliphatic heterocycles. The van der Waals surface area contributed by atoms with Crippen LogP contribution in [0.1, 0.15) is 1.37 Å². The van der Waals surface area contributed by atoms with Crippen molar-refractivity contribution in [2.24, 2.45) is 0 Å². The summed E-state index contributed by atoms with van der Waals surface area (Å²) in [6, 6.07) is 8.21. The normalized spacial score (nSPS) is 11.2. The van der Waals surface area contributed by atoms with E-state index in [-0.39, 0.29) is 6.04 Å². The van der Waals surface area contributed by atoms with Gasteiger partial charge in [-0.15, -0.1) is 0 Å². The molecule has 0 N–H and O–H groups in total. The lowest BCUT2D eigenvalue weighted by molar-refractivity contribution is 0.626. The molecule has 2 aromatic rings. The Kier molecular flexibility index (Phi) is 1.41. The van der Waals surface area contributed by atoms with Crippen molar-refractivity contribution >= 4 is 0 Å². The maximum absolute atomic E-state index is 13.0. The van der Waals surface area contributed by atoms with Crippen molar-refractivity contribution in [1.29, 1.82) is 0 Å². The van der Waals surface area contributed by atoms with E-state index >= 15 is 0 Å². The van der Waals surface area contributed by atoms with Crippen molar-refractivity contribution in [3.63, 3.8) is 0 Å². The highest BCUT2D eigenvalue weighted by atomic mass is 19.1. The summed E-state index contributed by atoms with van der Waals surface area (Å²) < 4.78 is 22.2. The van der Waals surface area contributed by atoms with Gasteiger partial charge in [0, 0.05) is 18.1 Å². The first-order valence-electron chi connectivity index (χ1n) is 4.17. The van der Waals surface area contributed by atoms with Crippen molar-refractivity contribution in [3.8, 4) is 5.69 Å². The highest BCUT2D eigenvalue weighted by molar-refractivity contribution is 5.32. The third kappa shape index (κ3) is 1.23. The molecule has 0 saturated heterocycles. The maximum atomic E-state index is 13.0. The maximum Gasteiger partial charge on any atom is 0.125 e. The van der Waals surface area contributed by atoms with Crippen molar-refractivity contribution in [3.05, 3.63) is 54.6 Å². The second-order valence-electron chi connectivity index (χ2n) is 2.47. The summed E-state index contributed by atoms with van der Waals surface area (Å²) in [5.74, 6) is -0.494. The first-order valence-corrected chi connectivity index (χ1v) is 3.67. The Hall–Kier alpha value is -1.57. The molecule has 0 fully saturated rings. The van der Waals surface area contributed by atoms with Gasteiger partial charge < -0.3 is 4.57 Å². The zero-order chi connectivity index (χ0) is 9.26. The topological polar surface area (TPSA) is 4.93 Å². The molecule has 1 nitrogen and oxygen atoms in total. The van der Waals surface area contributed by atoms with Gasteiger partial charge >= 0.3 is 0 Å². The highest BCUT2D eigenvalue weighted by Crippen LogP contribution is 2.08. The number of rotatable bonds is 1. The molecule has 0 spiro atoms. The number of aromatic nitrogens is 1. The second kappa shape index (κ2) is 2.81. The highest BCUT2D eigenvalue weighted by Gasteiger charge is 1.94. The van der Waals surface area contributed by atoms with E-state index in [9.17, 15) is 4.39 Å². The lowest BCUT2D eigenvalue weighted by Gasteiger charge is -2.00. The van der Waals surface area contributed by atoms with Crippen LogP contribution < -0.4 is 0 Å². The van der Waals surface area contributed by atoms with Crippen LogP contribution in [0.2, 0.25) is 0 Å². The van der Waals surface area contributed by atoms with E-state index in [0.717, 1.165) is 0 Å². The van der Waals surface area contributed by atoms with Gasteiger partial charge in [0.25, 0.3) is 0 Å². The molecule has 12 heavy (non-hydrogen) atoms. The van der Waals surface area contributed by atoms with E-state index in [1.807, 2.05) is 12.1 Å². The van der Waals surface area contributed by atoms with E-state index in [1.54, 1.807) is 29.1 Å². The fourth-order valence-electron chi connectivity index (χ4n) is 1.08. The molecule has 0 saturated carbocycles. The number of hydrogen-bond acceptors (Lipinski definition) is 0. The summed E-state index contributed by atoms with van der Waals surface area (Å²) >= 11 is 0. The zero-order valence-electron chi connectivity index (χ0n) is 7.37. The molecule has 0 radical (unpaired) electrons. The lowest BCUT2D eigenvalue weighted by Crippen LogP contribution is -1.89. The fraction of sp³-hybridized carbons (Fsp3) is 0. The molecular formula is C10H8FN. The quantitative estimate of drug-likeness (QED) is 0.607.